The highest BCUT2D eigenvalue weighted by Gasteiger charge is 2.45. The number of benzene rings is 3. The number of rotatable bonds is 8. The molecule has 2 N–H and O–H groups in total. The topological polar surface area (TPSA) is 109 Å². The van der Waals surface area contributed by atoms with Gasteiger partial charge in [-0.3, -0.25) is 14.5 Å². The highest BCUT2D eigenvalue weighted by Crippen LogP contribution is 2.47. The van der Waals surface area contributed by atoms with Crippen molar-refractivity contribution in [1.29, 1.82) is 0 Å². The van der Waals surface area contributed by atoms with E-state index in [-0.39, 0.29) is 17.1 Å². The molecule has 1 aliphatic heterocycles. The predicted octanol–water partition coefficient (Wildman–Crippen LogP) is 6.35. The van der Waals surface area contributed by atoms with Gasteiger partial charge in [-0.1, -0.05) is 47.7 Å². The number of fused-ring (bicyclic) bond motifs is 1. The third-order valence-electron chi connectivity index (χ3n) is 6.15. The van der Waals surface area contributed by atoms with Crippen LogP contribution < -0.4 is 14.4 Å². The van der Waals surface area contributed by atoms with Gasteiger partial charge < -0.3 is 19.7 Å². The van der Waals surface area contributed by atoms with E-state index >= 15 is 0 Å². The lowest BCUT2D eigenvalue weighted by Gasteiger charge is -2.25. The molecule has 0 saturated heterocycles. The first-order valence-electron chi connectivity index (χ1n) is 12.0. The number of ether oxygens (including phenoxy) is 2. The lowest BCUT2D eigenvalue weighted by Crippen LogP contribution is -2.30. The lowest BCUT2D eigenvalue weighted by molar-refractivity contribution is -0.117. The average molecular weight is 607 g/mol. The van der Waals surface area contributed by atoms with Gasteiger partial charge >= 0.3 is 0 Å². The summed E-state index contributed by atoms with van der Waals surface area (Å²) in [7, 11) is 1.40. The van der Waals surface area contributed by atoms with E-state index in [2.05, 4.69) is 20.9 Å². The van der Waals surface area contributed by atoms with E-state index in [1.807, 2.05) is 43.3 Å². The number of ketones is 1. The molecule has 39 heavy (non-hydrogen) atoms. The molecule has 1 aromatic heterocycles. The molecule has 3 aromatic carbocycles. The van der Waals surface area contributed by atoms with Crippen molar-refractivity contribution in [1.82, 2.24) is 4.98 Å². The van der Waals surface area contributed by atoms with E-state index in [1.165, 1.54) is 35.5 Å². The average Bonchev–Trinajstić information content (AvgIpc) is 3.47. The van der Waals surface area contributed by atoms with Crippen LogP contribution in [0.15, 0.2) is 82.5 Å². The zero-order valence-corrected chi connectivity index (χ0v) is 23.3. The van der Waals surface area contributed by atoms with E-state index in [4.69, 9.17) is 9.47 Å². The van der Waals surface area contributed by atoms with Gasteiger partial charge in [0.15, 0.2) is 28.2 Å². The Balaban J connectivity index is 1.64. The van der Waals surface area contributed by atoms with Crippen molar-refractivity contribution in [2.24, 2.45) is 0 Å². The Morgan fingerprint density at radius 2 is 1.92 bits per heavy atom. The molecule has 0 aliphatic carbocycles. The first-order chi connectivity index (χ1) is 18.8. The van der Waals surface area contributed by atoms with Gasteiger partial charge in [-0.25, -0.2) is 4.98 Å². The van der Waals surface area contributed by atoms with Crippen LogP contribution in [0.5, 0.6) is 17.2 Å². The van der Waals surface area contributed by atoms with Gasteiger partial charge in [0.05, 0.1) is 40.0 Å². The SMILES string of the molecule is CCOc1ccc2nc(N3C(=O)C(O)=C(C(=O)/C=C/c4ccccc4)C3c3cc(Br)c(O)c(OC)c3)sc2c1. The minimum atomic E-state index is -1.04. The minimum absolute atomic E-state index is 0.110. The monoisotopic (exact) mass is 606 g/mol. The smallest absolute Gasteiger partial charge is 0.296 e. The number of methoxy groups -OCH3 is 1. The molecule has 198 valence electrons. The molecule has 0 spiro atoms. The maximum Gasteiger partial charge on any atom is 0.296 e. The van der Waals surface area contributed by atoms with E-state index in [9.17, 15) is 19.8 Å². The maximum absolute atomic E-state index is 13.5. The number of phenolic OH excluding ortho intramolecular Hbond substituents is 1. The molecule has 1 amide bonds. The van der Waals surface area contributed by atoms with Crippen molar-refractivity contribution in [3.05, 3.63) is 93.7 Å². The molecule has 2 heterocycles. The van der Waals surface area contributed by atoms with Crippen LogP contribution >= 0.6 is 27.3 Å². The van der Waals surface area contributed by atoms with Crippen LogP contribution in [-0.2, 0) is 9.59 Å². The number of anilines is 1. The van der Waals surface area contributed by atoms with Gasteiger partial charge in [0.25, 0.3) is 5.91 Å². The molecule has 10 heteroatoms. The Labute approximate surface area is 236 Å². The number of thiazole rings is 1. The molecule has 0 saturated carbocycles. The maximum atomic E-state index is 13.5. The number of phenols is 1. The Bertz CT molecular complexity index is 1650. The number of aromatic nitrogens is 1. The largest absolute Gasteiger partial charge is 0.503 e. The molecular formula is C29H23BrN2O6S. The number of carbonyl (C=O) groups excluding carboxylic acids is 2. The van der Waals surface area contributed by atoms with Crippen LogP contribution in [0.25, 0.3) is 16.3 Å². The third-order valence-corrected chi connectivity index (χ3v) is 7.77. The number of aromatic hydroxyl groups is 1. The Morgan fingerprint density at radius 3 is 2.64 bits per heavy atom. The van der Waals surface area contributed by atoms with Crippen molar-refractivity contribution in [3.8, 4) is 17.2 Å². The van der Waals surface area contributed by atoms with Crippen molar-refractivity contribution in [2.45, 2.75) is 13.0 Å². The molecule has 0 bridgehead atoms. The number of nitrogens with zero attached hydrogens (tertiary/aromatic N) is 2. The summed E-state index contributed by atoms with van der Waals surface area (Å²) in [5.41, 5.74) is 1.74. The van der Waals surface area contributed by atoms with E-state index in [0.717, 1.165) is 10.3 Å². The number of aliphatic hydroxyl groups excluding tert-OH is 1. The lowest BCUT2D eigenvalue weighted by atomic mass is 9.95. The fourth-order valence-electron chi connectivity index (χ4n) is 4.36. The first-order valence-corrected chi connectivity index (χ1v) is 13.6. The van der Waals surface area contributed by atoms with Crippen LogP contribution in [0.1, 0.15) is 24.1 Å². The fraction of sp³-hybridized carbons (Fsp3) is 0.138. The van der Waals surface area contributed by atoms with Crippen LogP contribution in [0, 0.1) is 0 Å². The van der Waals surface area contributed by atoms with Crippen LogP contribution in [0.3, 0.4) is 0 Å². The molecule has 0 radical (unpaired) electrons. The highest BCUT2D eigenvalue weighted by molar-refractivity contribution is 9.10. The zero-order chi connectivity index (χ0) is 27.7. The second-order valence-electron chi connectivity index (χ2n) is 8.56. The van der Waals surface area contributed by atoms with Crippen molar-refractivity contribution in [3.63, 3.8) is 0 Å². The van der Waals surface area contributed by atoms with Gasteiger partial charge in [-0.15, -0.1) is 0 Å². The van der Waals surface area contributed by atoms with Crippen LogP contribution in [-0.4, -0.2) is 40.6 Å². The fourth-order valence-corrected chi connectivity index (χ4v) is 5.84. The molecule has 1 unspecified atom stereocenters. The Kier molecular flexibility index (Phi) is 7.40. The van der Waals surface area contributed by atoms with Gasteiger partial charge in [0.1, 0.15) is 5.75 Å². The second kappa shape index (κ2) is 10.9. The minimum Gasteiger partial charge on any atom is -0.503 e. The summed E-state index contributed by atoms with van der Waals surface area (Å²) in [4.78, 5) is 33.0. The summed E-state index contributed by atoms with van der Waals surface area (Å²) < 4.78 is 12.0. The normalized spacial score (nSPS) is 15.5. The number of hydrogen-bond donors (Lipinski definition) is 2. The summed E-state index contributed by atoms with van der Waals surface area (Å²) in [6.45, 7) is 2.39. The molecule has 1 atom stereocenters. The van der Waals surface area contributed by atoms with Crippen molar-refractivity contribution in [2.75, 3.05) is 18.6 Å². The van der Waals surface area contributed by atoms with Crippen molar-refractivity contribution >= 4 is 60.4 Å². The number of carbonyl (C=O) groups is 2. The quantitative estimate of drug-likeness (QED) is 0.225. The van der Waals surface area contributed by atoms with Gasteiger partial charge in [-0.2, -0.15) is 0 Å². The zero-order valence-electron chi connectivity index (χ0n) is 20.9. The molecule has 0 fully saturated rings. The summed E-state index contributed by atoms with van der Waals surface area (Å²) >= 11 is 4.56. The second-order valence-corrected chi connectivity index (χ2v) is 10.4. The molecule has 4 aromatic rings. The number of amides is 1. The number of allylic oxidation sites excluding steroid dienone is 1. The molecule has 8 nitrogen and oxygen atoms in total. The van der Waals surface area contributed by atoms with E-state index in [0.29, 0.717) is 33.0 Å². The van der Waals surface area contributed by atoms with Crippen LogP contribution in [0.4, 0.5) is 5.13 Å². The summed E-state index contributed by atoms with van der Waals surface area (Å²) in [6, 6.07) is 16.7. The Morgan fingerprint density at radius 1 is 1.15 bits per heavy atom. The standard InChI is InChI=1S/C29H23BrN2O6S/c1-3-38-18-10-11-20-23(15-18)39-29(31-20)32-25(17-13-19(30)26(34)22(14-17)37-2)24(27(35)28(32)36)21(33)12-9-16-7-5-4-6-8-16/h4-15,25,34-35H,3H2,1-2H3/b12-9+. The Hall–Kier alpha value is -4.15. The van der Waals surface area contributed by atoms with E-state index in [1.54, 1.807) is 24.3 Å². The van der Waals surface area contributed by atoms with Gasteiger partial charge in [0, 0.05) is 0 Å². The molecular weight excluding hydrogens is 584 g/mol. The summed E-state index contributed by atoms with van der Waals surface area (Å²) in [5.74, 6) is -1.30. The van der Waals surface area contributed by atoms with Gasteiger partial charge in [-0.05, 0) is 70.4 Å². The summed E-state index contributed by atoms with van der Waals surface area (Å²) in [6.07, 6.45) is 2.94. The summed E-state index contributed by atoms with van der Waals surface area (Å²) in [5, 5.41) is 21.7. The predicted molar refractivity (Wildman–Crippen MR) is 154 cm³/mol. The number of hydrogen-bond acceptors (Lipinski definition) is 8. The first kappa shape index (κ1) is 26.5. The molecule has 5 rings (SSSR count). The third kappa shape index (κ3) is 5.00. The van der Waals surface area contributed by atoms with Crippen LogP contribution in [0.2, 0.25) is 0 Å². The van der Waals surface area contributed by atoms with Gasteiger partial charge in [0.2, 0.25) is 0 Å². The van der Waals surface area contributed by atoms with Crippen molar-refractivity contribution < 1.29 is 29.3 Å². The van der Waals surface area contributed by atoms with E-state index < -0.39 is 23.5 Å². The highest BCUT2D eigenvalue weighted by atomic mass is 79.9. The molecule has 1 aliphatic rings. The number of halogens is 1. The number of aliphatic hydroxyl groups is 1.